The van der Waals surface area contributed by atoms with Gasteiger partial charge in [-0.05, 0) is 35.4 Å². The van der Waals surface area contributed by atoms with Crippen LogP contribution in [0, 0.1) is 11.8 Å². The van der Waals surface area contributed by atoms with Gasteiger partial charge >= 0.3 is 41.8 Å². The molecular weight excluding hydrogens is 784 g/mol. The third kappa shape index (κ3) is 12.4. The van der Waals surface area contributed by atoms with Gasteiger partial charge in [0.1, 0.15) is 12.7 Å². The van der Waals surface area contributed by atoms with Crippen molar-refractivity contribution in [2.45, 2.75) is 91.4 Å². The molecule has 2 aromatic carbocycles. The summed E-state index contributed by atoms with van der Waals surface area (Å²) in [4.78, 5) is 85.5. The van der Waals surface area contributed by atoms with Crippen LogP contribution in [-0.4, -0.2) is 107 Å². The zero-order valence-corrected chi connectivity index (χ0v) is 34.0. The Kier molecular flexibility index (Phi) is 16.2. The molecule has 59 heavy (non-hydrogen) atoms. The SMILES string of the molecule is COc1cc([C@@H](O[C@@H]2O[C@H](COC(C)=O)[C@@H](OC(C)=O)[C@@H](OC(C)=O)[C@H]2OC(C)=O)[C@@H]2CO[C@H](c3ccc(OC(C)=O)c(OC)c3)[C@H]2COC(C)=O)ccc1OC(C)=O. The van der Waals surface area contributed by atoms with Gasteiger partial charge in [-0.2, -0.15) is 0 Å². The van der Waals surface area contributed by atoms with Crippen LogP contribution >= 0.6 is 0 Å². The van der Waals surface area contributed by atoms with Crippen LogP contribution in [0.4, 0.5) is 0 Å². The van der Waals surface area contributed by atoms with Crippen molar-refractivity contribution in [3.8, 4) is 23.0 Å². The minimum absolute atomic E-state index is 0.0609. The minimum atomic E-state index is -1.64. The second kappa shape index (κ2) is 20.8. The van der Waals surface area contributed by atoms with Crippen LogP contribution in [-0.2, 0) is 71.5 Å². The van der Waals surface area contributed by atoms with Gasteiger partial charge in [0.15, 0.2) is 47.6 Å². The Morgan fingerprint density at radius 3 is 1.68 bits per heavy atom. The Balaban J connectivity index is 1.91. The monoisotopic (exact) mass is 832 g/mol. The van der Waals surface area contributed by atoms with Gasteiger partial charge in [-0.25, -0.2) is 0 Å². The maximum absolute atomic E-state index is 12.7. The molecule has 0 aromatic heterocycles. The first-order valence-corrected chi connectivity index (χ1v) is 18.4. The molecule has 0 amide bonds. The lowest BCUT2D eigenvalue weighted by molar-refractivity contribution is -0.322. The molecule has 9 atom stereocenters. The summed E-state index contributed by atoms with van der Waals surface area (Å²) in [6.45, 7) is 7.34. The molecule has 4 rings (SSSR count). The van der Waals surface area contributed by atoms with Crippen molar-refractivity contribution in [1.82, 2.24) is 0 Å². The van der Waals surface area contributed by atoms with Crippen LogP contribution in [0.15, 0.2) is 36.4 Å². The Hall–Kier alpha value is -5.79. The minimum Gasteiger partial charge on any atom is -0.493 e. The van der Waals surface area contributed by atoms with E-state index in [-0.39, 0.29) is 36.2 Å². The van der Waals surface area contributed by atoms with E-state index in [1.807, 2.05) is 0 Å². The summed E-state index contributed by atoms with van der Waals surface area (Å²) >= 11 is 0. The average Bonchev–Trinajstić information content (AvgIpc) is 3.57. The largest absolute Gasteiger partial charge is 0.493 e. The number of hydrogen-bond acceptors (Lipinski definition) is 19. The predicted molar refractivity (Wildman–Crippen MR) is 197 cm³/mol. The highest BCUT2D eigenvalue weighted by Crippen LogP contribution is 2.49. The summed E-state index contributed by atoms with van der Waals surface area (Å²) in [6.07, 6.45) is -9.54. The van der Waals surface area contributed by atoms with E-state index >= 15 is 0 Å². The number of ether oxygens (including phenoxy) is 12. The Labute approximate surface area is 339 Å². The van der Waals surface area contributed by atoms with E-state index < -0.39 is 103 Å². The van der Waals surface area contributed by atoms with Gasteiger partial charge in [-0.1, -0.05) is 12.1 Å². The molecule has 2 fully saturated rings. The quantitative estimate of drug-likeness (QED) is 0.134. The molecule has 0 aliphatic carbocycles. The van der Waals surface area contributed by atoms with E-state index in [0.717, 1.165) is 27.7 Å². The van der Waals surface area contributed by atoms with Crippen molar-refractivity contribution >= 4 is 41.8 Å². The van der Waals surface area contributed by atoms with Crippen molar-refractivity contribution in [2.24, 2.45) is 11.8 Å². The van der Waals surface area contributed by atoms with Gasteiger partial charge in [-0.15, -0.1) is 0 Å². The number of benzene rings is 2. The maximum Gasteiger partial charge on any atom is 0.308 e. The van der Waals surface area contributed by atoms with E-state index in [4.69, 9.17) is 56.8 Å². The highest BCUT2D eigenvalue weighted by molar-refractivity contribution is 5.71. The first-order chi connectivity index (χ1) is 27.9. The zero-order valence-electron chi connectivity index (χ0n) is 34.0. The standard InChI is InChI=1S/C40H48O19/c1-19(41)50-16-28-29(17-52-35(28)26-10-12-30(53-21(3)43)32(14-26)48-8)36(27-11-13-31(54-22(4)44)33(15-27)49-9)59-40-39(57-25(7)47)38(56-24(6)46)37(55-23(5)45)34(58-40)18-51-20(2)42/h10-15,28-29,34-40H,16-18H2,1-9H3/t28-,29+,34+,35+,36+,37+,38+,39+,40-/m0/s1. The highest BCUT2D eigenvalue weighted by atomic mass is 16.7. The normalized spacial score (nSPS) is 24.1. The molecule has 0 spiro atoms. The van der Waals surface area contributed by atoms with Gasteiger partial charge in [0.05, 0.1) is 39.6 Å². The van der Waals surface area contributed by atoms with E-state index in [1.165, 1.54) is 53.2 Å². The van der Waals surface area contributed by atoms with E-state index in [2.05, 4.69) is 0 Å². The Bertz CT molecular complexity index is 1870. The van der Waals surface area contributed by atoms with Crippen LogP contribution < -0.4 is 18.9 Å². The molecule has 0 N–H and O–H groups in total. The van der Waals surface area contributed by atoms with Crippen LogP contribution in [0.3, 0.4) is 0 Å². The molecule has 2 heterocycles. The molecular formula is C40H48O19. The summed E-state index contributed by atoms with van der Waals surface area (Å²) < 4.78 is 68.8. The molecule has 2 saturated heterocycles. The van der Waals surface area contributed by atoms with E-state index in [1.54, 1.807) is 18.2 Å². The summed E-state index contributed by atoms with van der Waals surface area (Å²) in [5.74, 6) is -5.92. The first-order valence-electron chi connectivity index (χ1n) is 18.4. The molecule has 322 valence electrons. The summed E-state index contributed by atoms with van der Waals surface area (Å²) in [5, 5.41) is 0. The fourth-order valence-corrected chi connectivity index (χ4v) is 6.84. The number of carbonyl (C=O) groups excluding carboxylic acids is 7. The van der Waals surface area contributed by atoms with Crippen LogP contribution in [0.1, 0.15) is 71.8 Å². The van der Waals surface area contributed by atoms with Gasteiger partial charge in [0, 0.05) is 60.3 Å². The second-order valence-electron chi connectivity index (χ2n) is 13.5. The smallest absolute Gasteiger partial charge is 0.308 e. The summed E-state index contributed by atoms with van der Waals surface area (Å²) in [5.41, 5.74) is 0.918. The first kappa shape index (κ1) is 45.9. The van der Waals surface area contributed by atoms with Gasteiger partial charge in [0.25, 0.3) is 0 Å². The fourth-order valence-electron chi connectivity index (χ4n) is 6.84. The van der Waals surface area contributed by atoms with Gasteiger partial charge in [-0.3, -0.25) is 33.6 Å². The topological polar surface area (TPSA) is 230 Å². The third-order valence-corrected chi connectivity index (χ3v) is 9.04. The summed E-state index contributed by atoms with van der Waals surface area (Å²) in [7, 11) is 2.75. The highest BCUT2D eigenvalue weighted by Gasteiger charge is 2.55. The lowest BCUT2D eigenvalue weighted by Crippen LogP contribution is -2.63. The zero-order chi connectivity index (χ0) is 43.6. The van der Waals surface area contributed by atoms with E-state index in [0.29, 0.717) is 11.1 Å². The predicted octanol–water partition coefficient (Wildman–Crippen LogP) is 3.26. The molecule has 2 aliphatic rings. The lowest BCUT2D eigenvalue weighted by atomic mass is 9.82. The number of carbonyl (C=O) groups is 7. The molecule has 0 radical (unpaired) electrons. The maximum atomic E-state index is 12.7. The number of hydrogen-bond donors (Lipinski definition) is 0. The van der Waals surface area contributed by atoms with Crippen LogP contribution in [0.2, 0.25) is 0 Å². The Morgan fingerprint density at radius 1 is 0.610 bits per heavy atom. The number of methoxy groups -OCH3 is 2. The van der Waals surface area contributed by atoms with Crippen molar-refractivity contribution in [2.75, 3.05) is 34.0 Å². The molecule has 0 bridgehead atoms. The van der Waals surface area contributed by atoms with Gasteiger partial charge < -0.3 is 56.8 Å². The Morgan fingerprint density at radius 2 is 1.14 bits per heavy atom. The molecule has 0 unspecified atom stereocenters. The third-order valence-electron chi connectivity index (χ3n) is 9.04. The van der Waals surface area contributed by atoms with Crippen molar-refractivity contribution in [3.63, 3.8) is 0 Å². The van der Waals surface area contributed by atoms with Crippen LogP contribution in [0.25, 0.3) is 0 Å². The molecule has 19 nitrogen and oxygen atoms in total. The molecule has 19 heteroatoms. The number of rotatable bonds is 16. The van der Waals surface area contributed by atoms with Crippen molar-refractivity contribution in [1.29, 1.82) is 0 Å². The number of esters is 7. The average molecular weight is 833 g/mol. The fraction of sp³-hybridized carbons (Fsp3) is 0.525. The molecule has 2 aromatic rings. The van der Waals surface area contributed by atoms with Crippen molar-refractivity contribution in [3.05, 3.63) is 47.5 Å². The lowest BCUT2D eigenvalue weighted by Gasteiger charge is -2.45. The van der Waals surface area contributed by atoms with E-state index in [9.17, 15) is 33.6 Å². The van der Waals surface area contributed by atoms with Crippen LogP contribution in [0.5, 0.6) is 23.0 Å². The van der Waals surface area contributed by atoms with Gasteiger partial charge in [0.2, 0.25) is 0 Å². The molecule has 2 aliphatic heterocycles. The van der Waals surface area contributed by atoms with Crippen molar-refractivity contribution < 1.29 is 90.4 Å². The summed E-state index contributed by atoms with van der Waals surface area (Å²) in [6, 6.07) is 9.36. The molecule has 0 saturated carbocycles. The second-order valence-corrected chi connectivity index (χ2v) is 13.5.